The second-order valence-electron chi connectivity index (χ2n) is 4.18. The second-order valence-corrected chi connectivity index (χ2v) is 4.18. The van der Waals surface area contributed by atoms with Gasteiger partial charge in [-0.3, -0.25) is 0 Å². The summed E-state index contributed by atoms with van der Waals surface area (Å²) in [6.07, 6.45) is 1.26. The van der Waals surface area contributed by atoms with Crippen molar-refractivity contribution in [3.05, 3.63) is 47.7 Å². The van der Waals surface area contributed by atoms with Crippen LogP contribution >= 0.6 is 0 Å². The van der Waals surface area contributed by atoms with Gasteiger partial charge in [-0.05, 0) is 18.2 Å². The predicted molar refractivity (Wildman–Crippen MR) is 71.0 cm³/mol. The third-order valence-corrected chi connectivity index (χ3v) is 2.85. The number of hydrogen-bond acceptors (Lipinski definition) is 4. The molecule has 0 radical (unpaired) electrons. The van der Waals surface area contributed by atoms with Gasteiger partial charge in [0.15, 0.2) is 5.65 Å². The SMILES string of the molecule is N#Cc1cccc(-c2nc3ncc(C(=O)O)cc3[nH]2)c1. The van der Waals surface area contributed by atoms with Gasteiger partial charge >= 0.3 is 5.97 Å². The minimum atomic E-state index is -1.04. The Labute approximate surface area is 113 Å². The van der Waals surface area contributed by atoms with E-state index in [0.29, 0.717) is 22.6 Å². The largest absolute Gasteiger partial charge is 0.478 e. The van der Waals surface area contributed by atoms with Crippen molar-refractivity contribution in [2.45, 2.75) is 0 Å². The summed E-state index contributed by atoms with van der Waals surface area (Å²) in [4.78, 5) is 22.2. The molecule has 0 saturated heterocycles. The van der Waals surface area contributed by atoms with E-state index in [1.807, 2.05) is 6.07 Å². The summed E-state index contributed by atoms with van der Waals surface area (Å²) in [6, 6.07) is 10.5. The molecule has 0 bridgehead atoms. The number of fused-ring (bicyclic) bond motifs is 1. The summed E-state index contributed by atoms with van der Waals surface area (Å²) in [6.45, 7) is 0. The van der Waals surface area contributed by atoms with Crippen LogP contribution in [0.4, 0.5) is 0 Å². The first-order valence-electron chi connectivity index (χ1n) is 5.77. The van der Waals surface area contributed by atoms with Crippen LogP contribution in [-0.4, -0.2) is 26.0 Å². The number of aromatic nitrogens is 3. The first kappa shape index (κ1) is 11.9. The maximum Gasteiger partial charge on any atom is 0.337 e. The Morgan fingerprint density at radius 1 is 1.35 bits per heavy atom. The van der Waals surface area contributed by atoms with Gasteiger partial charge in [-0.25, -0.2) is 14.8 Å². The van der Waals surface area contributed by atoms with E-state index in [-0.39, 0.29) is 5.56 Å². The fourth-order valence-corrected chi connectivity index (χ4v) is 1.89. The number of pyridine rings is 1. The van der Waals surface area contributed by atoms with Crippen LogP contribution in [0.2, 0.25) is 0 Å². The third kappa shape index (κ3) is 1.97. The van der Waals surface area contributed by atoms with E-state index in [0.717, 1.165) is 5.56 Å². The highest BCUT2D eigenvalue weighted by atomic mass is 16.4. The van der Waals surface area contributed by atoms with E-state index in [4.69, 9.17) is 10.4 Å². The summed E-state index contributed by atoms with van der Waals surface area (Å²) in [5.74, 6) is -0.492. The van der Waals surface area contributed by atoms with E-state index < -0.39 is 5.97 Å². The van der Waals surface area contributed by atoms with Crippen LogP contribution in [0.1, 0.15) is 15.9 Å². The molecular weight excluding hydrogens is 256 g/mol. The zero-order chi connectivity index (χ0) is 14.1. The molecule has 0 atom stereocenters. The smallest absolute Gasteiger partial charge is 0.337 e. The number of carboxylic acid groups (broad SMARTS) is 1. The lowest BCUT2D eigenvalue weighted by Crippen LogP contribution is -1.96. The molecule has 2 N–H and O–H groups in total. The second kappa shape index (κ2) is 4.48. The number of hydrogen-bond donors (Lipinski definition) is 2. The number of aromatic carboxylic acids is 1. The number of carbonyl (C=O) groups is 1. The Morgan fingerprint density at radius 2 is 2.20 bits per heavy atom. The molecule has 6 heteroatoms. The van der Waals surface area contributed by atoms with Crippen LogP contribution in [0, 0.1) is 11.3 Å². The normalized spacial score (nSPS) is 10.3. The third-order valence-electron chi connectivity index (χ3n) is 2.85. The number of nitrogens with zero attached hydrogens (tertiary/aromatic N) is 3. The van der Waals surface area contributed by atoms with Crippen molar-refractivity contribution < 1.29 is 9.90 Å². The first-order chi connectivity index (χ1) is 9.67. The average molecular weight is 264 g/mol. The molecule has 0 fully saturated rings. The molecule has 20 heavy (non-hydrogen) atoms. The minimum absolute atomic E-state index is 0.0958. The highest BCUT2D eigenvalue weighted by molar-refractivity contribution is 5.91. The number of nitriles is 1. The molecule has 0 saturated carbocycles. The van der Waals surface area contributed by atoms with Crippen LogP contribution in [0.3, 0.4) is 0 Å². The van der Waals surface area contributed by atoms with E-state index >= 15 is 0 Å². The zero-order valence-corrected chi connectivity index (χ0v) is 10.2. The molecule has 0 spiro atoms. The van der Waals surface area contributed by atoms with Crippen molar-refractivity contribution in [2.75, 3.05) is 0 Å². The van der Waals surface area contributed by atoms with Gasteiger partial charge in [0.1, 0.15) is 5.82 Å². The average Bonchev–Trinajstić information content (AvgIpc) is 2.90. The summed E-state index contributed by atoms with van der Waals surface area (Å²) < 4.78 is 0. The molecule has 1 aromatic carbocycles. The lowest BCUT2D eigenvalue weighted by atomic mass is 10.1. The molecule has 2 aromatic heterocycles. The van der Waals surface area contributed by atoms with Crippen molar-refractivity contribution in [3.63, 3.8) is 0 Å². The molecule has 0 unspecified atom stereocenters. The molecular formula is C14H8N4O2. The maximum absolute atomic E-state index is 10.9. The Morgan fingerprint density at radius 3 is 2.95 bits per heavy atom. The number of aromatic amines is 1. The molecule has 0 amide bonds. The Bertz CT molecular complexity index is 861. The number of imidazole rings is 1. The molecule has 0 aliphatic rings. The topological polar surface area (TPSA) is 103 Å². The van der Waals surface area contributed by atoms with Crippen molar-refractivity contribution in [2.24, 2.45) is 0 Å². The van der Waals surface area contributed by atoms with Crippen LogP contribution < -0.4 is 0 Å². The number of H-pyrrole nitrogens is 1. The fourth-order valence-electron chi connectivity index (χ4n) is 1.89. The van der Waals surface area contributed by atoms with Gasteiger partial charge in [-0.1, -0.05) is 12.1 Å². The quantitative estimate of drug-likeness (QED) is 0.738. The molecule has 0 aliphatic carbocycles. The van der Waals surface area contributed by atoms with Gasteiger partial charge < -0.3 is 10.1 Å². The lowest BCUT2D eigenvalue weighted by molar-refractivity contribution is 0.0696. The molecule has 96 valence electrons. The fraction of sp³-hybridized carbons (Fsp3) is 0. The number of benzene rings is 1. The van der Waals surface area contributed by atoms with E-state index in [2.05, 4.69) is 21.0 Å². The zero-order valence-electron chi connectivity index (χ0n) is 10.2. The van der Waals surface area contributed by atoms with Crippen LogP contribution in [-0.2, 0) is 0 Å². The molecule has 0 aliphatic heterocycles. The monoisotopic (exact) mass is 264 g/mol. The Hall–Kier alpha value is -3.20. The first-order valence-corrected chi connectivity index (χ1v) is 5.77. The molecule has 2 heterocycles. The number of carboxylic acids is 1. The highest BCUT2D eigenvalue weighted by Gasteiger charge is 2.10. The van der Waals surface area contributed by atoms with Gasteiger partial charge in [0.05, 0.1) is 22.7 Å². The summed E-state index contributed by atoms with van der Waals surface area (Å²) >= 11 is 0. The van der Waals surface area contributed by atoms with E-state index in [1.165, 1.54) is 12.3 Å². The van der Waals surface area contributed by atoms with Crippen molar-refractivity contribution >= 4 is 17.1 Å². The Kier molecular flexibility index (Phi) is 2.66. The molecule has 6 nitrogen and oxygen atoms in total. The minimum Gasteiger partial charge on any atom is -0.478 e. The van der Waals surface area contributed by atoms with Crippen LogP contribution in [0.25, 0.3) is 22.6 Å². The van der Waals surface area contributed by atoms with Gasteiger partial charge in [0.2, 0.25) is 0 Å². The van der Waals surface area contributed by atoms with Crippen LogP contribution in [0.5, 0.6) is 0 Å². The number of rotatable bonds is 2. The summed E-state index contributed by atoms with van der Waals surface area (Å²) in [7, 11) is 0. The van der Waals surface area contributed by atoms with Crippen molar-refractivity contribution in [1.29, 1.82) is 5.26 Å². The standard InChI is InChI=1S/C14H8N4O2/c15-6-8-2-1-3-9(4-8)12-17-11-5-10(14(19)20)7-16-13(11)18-12/h1-5,7H,(H,19,20)(H,16,17,18). The molecule has 3 aromatic rings. The molecule has 3 rings (SSSR count). The lowest BCUT2D eigenvalue weighted by Gasteiger charge is -1.95. The maximum atomic E-state index is 10.9. The van der Waals surface area contributed by atoms with Gasteiger partial charge in [-0.15, -0.1) is 0 Å². The summed E-state index contributed by atoms with van der Waals surface area (Å²) in [5.41, 5.74) is 2.36. The van der Waals surface area contributed by atoms with Gasteiger partial charge in [0, 0.05) is 11.8 Å². The van der Waals surface area contributed by atoms with E-state index in [9.17, 15) is 4.79 Å². The summed E-state index contributed by atoms with van der Waals surface area (Å²) in [5, 5.41) is 17.8. The Balaban J connectivity index is 2.13. The van der Waals surface area contributed by atoms with Gasteiger partial charge in [0.25, 0.3) is 0 Å². The number of nitrogens with one attached hydrogen (secondary N) is 1. The van der Waals surface area contributed by atoms with Crippen LogP contribution in [0.15, 0.2) is 36.5 Å². The van der Waals surface area contributed by atoms with E-state index in [1.54, 1.807) is 18.2 Å². The van der Waals surface area contributed by atoms with Gasteiger partial charge in [-0.2, -0.15) is 5.26 Å². The predicted octanol–water partition coefficient (Wildman–Crippen LogP) is 2.19. The van der Waals surface area contributed by atoms with Crippen molar-refractivity contribution in [3.8, 4) is 17.5 Å². The highest BCUT2D eigenvalue weighted by Crippen LogP contribution is 2.20. The van der Waals surface area contributed by atoms with Crippen molar-refractivity contribution in [1.82, 2.24) is 15.0 Å².